The highest BCUT2D eigenvalue weighted by Gasteiger charge is 2.49. The van der Waals surface area contributed by atoms with E-state index >= 15 is 0 Å². The summed E-state index contributed by atoms with van der Waals surface area (Å²) in [4.78, 5) is 16.0. The number of aliphatic hydroxyl groups excluding tert-OH is 1. The molecule has 186 valence electrons. The highest BCUT2D eigenvalue weighted by Crippen LogP contribution is 2.39. The van der Waals surface area contributed by atoms with Gasteiger partial charge in [-0.3, -0.25) is 9.48 Å². The molecule has 1 aromatic heterocycles. The molecule has 0 spiro atoms. The number of benzene rings is 1. The number of nitrogens with two attached hydrogens (primary N) is 1. The van der Waals surface area contributed by atoms with Crippen molar-refractivity contribution in [2.24, 2.45) is 16.6 Å². The Bertz CT molecular complexity index is 1050. The van der Waals surface area contributed by atoms with Crippen LogP contribution < -0.4 is 11.1 Å². The number of carbonyl (C=O) groups excluding carboxylic acids is 1. The van der Waals surface area contributed by atoms with E-state index in [1.807, 2.05) is 0 Å². The van der Waals surface area contributed by atoms with Gasteiger partial charge in [0.05, 0.1) is 6.04 Å². The largest absolute Gasteiger partial charge is 0.415 e. The topological polar surface area (TPSA) is 106 Å². The third-order valence-corrected chi connectivity index (χ3v) is 6.49. The predicted octanol–water partition coefficient (Wildman–Crippen LogP) is 4.50. The van der Waals surface area contributed by atoms with Gasteiger partial charge in [-0.15, -0.1) is 0 Å². The minimum absolute atomic E-state index is 0.00309. The molecule has 0 saturated heterocycles. The molecule has 1 aliphatic rings. The Hall–Kier alpha value is -2.95. The lowest BCUT2D eigenvalue weighted by molar-refractivity contribution is -0.221. The summed E-state index contributed by atoms with van der Waals surface area (Å²) in [7, 11) is 0. The lowest BCUT2D eigenvalue weighted by Gasteiger charge is -2.32. The van der Waals surface area contributed by atoms with Gasteiger partial charge in [-0.25, -0.2) is 4.39 Å². The summed E-state index contributed by atoms with van der Waals surface area (Å²) in [6.45, 7) is 6.35. The monoisotopic (exact) mass is 483 g/mol. The van der Waals surface area contributed by atoms with E-state index in [9.17, 15) is 27.5 Å². The first-order valence-electron chi connectivity index (χ1n) is 11.0. The number of hydrogen-bond acceptors (Lipinski definition) is 5. The van der Waals surface area contributed by atoms with E-state index in [2.05, 4.69) is 22.1 Å². The Morgan fingerprint density at radius 1 is 1.35 bits per heavy atom. The number of rotatable bonds is 8. The fraction of sp³-hybridized carbons (Fsp3) is 0.522. The van der Waals surface area contributed by atoms with Crippen LogP contribution in [0.2, 0.25) is 0 Å². The zero-order chi connectivity index (χ0) is 25.3. The van der Waals surface area contributed by atoms with Crippen molar-refractivity contribution in [1.29, 1.82) is 0 Å². The molecular weight excluding hydrogens is 454 g/mol. The van der Waals surface area contributed by atoms with Gasteiger partial charge in [0, 0.05) is 29.8 Å². The van der Waals surface area contributed by atoms with Crippen LogP contribution in [-0.2, 0) is 5.41 Å². The second-order valence-electron chi connectivity index (χ2n) is 9.24. The van der Waals surface area contributed by atoms with Crippen molar-refractivity contribution in [3.8, 4) is 0 Å². The van der Waals surface area contributed by atoms with Gasteiger partial charge < -0.3 is 21.1 Å². The Morgan fingerprint density at radius 3 is 2.62 bits per heavy atom. The summed E-state index contributed by atoms with van der Waals surface area (Å²) < 4.78 is 55.6. The molecular formula is C23H29F4N5O2. The maximum Gasteiger partial charge on any atom is 0.415 e. The molecule has 1 amide bonds. The van der Waals surface area contributed by atoms with Gasteiger partial charge in [-0.1, -0.05) is 32.8 Å². The number of aromatic nitrogens is 2. The molecule has 0 radical (unpaired) electrons. The highest BCUT2D eigenvalue weighted by atomic mass is 19.4. The van der Waals surface area contributed by atoms with Crippen molar-refractivity contribution in [1.82, 2.24) is 9.78 Å². The quantitative estimate of drug-likeness (QED) is 0.380. The maximum absolute atomic E-state index is 14.8. The second kappa shape index (κ2) is 9.73. The number of primary amides is 1. The van der Waals surface area contributed by atoms with Gasteiger partial charge in [0.15, 0.2) is 11.9 Å². The van der Waals surface area contributed by atoms with Crippen LogP contribution in [0.4, 0.5) is 29.1 Å². The minimum Gasteiger partial charge on any atom is -0.383 e. The van der Waals surface area contributed by atoms with Crippen molar-refractivity contribution in [2.75, 3.05) is 11.9 Å². The Morgan fingerprint density at radius 2 is 2.03 bits per heavy atom. The first kappa shape index (κ1) is 25.7. The standard InChI is InChI=1S/C23H29F4N5O2/c1-22(2,21(34)23(25,26)27)16-9-8-14(10-17(16)24)30-20-15(19(28)33)12-32(31-20)18-7-5-4-6-13(18)11-29-3/h8-10,12-13,18,21,34H,3-7,11H2,1-2H3,(H2,28,33)(H,30,31). The third kappa shape index (κ3) is 5.24. The van der Waals surface area contributed by atoms with Crippen LogP contribution in [-0.4, -0.2) is 46.3 Å². The van der Waals surface area contributed by atoms with E-state index in [1.165, 1.54) is 12.1 Å². The lowest BCUT2D eigenvalue weighted by atomic mass is 9.78. The van der Waals surface area contributed by atoms with Crippen LogP contribution >= 0.6 is 0 Å². The van der Waals surface area contributed by atoms with Crippen LogP contribution in [0.25, 0.3) is 0 Å². The van der Waals surface area contributed by atoms with Crippen LogP contribution in [0.3, 0.4) is 0 Å². The van der Waals surface area contributed by atoms with Crippen LogP contribution in [0.15, 0.2) is 29.4 Å². The summed E-state index contributed by atoms with van der Waals surface area (Å²) in [5.74, 6) is -1.35. The van der Waals surface area contributed by atoms with Gasteiger partial charge in [-0.05, 0) is 37.3 Å². The number of aliphatic imine (C=N–C) groups is 1. The molecule has 34 heavy (non-hydrogen) atoms. The molecule has 7 nitrogen and oxygen atoms in total. The molecule has 11 heteroatoms. The smallest absolute Gasteiger partial charge is 0.383 e. The molecule has 3 atom stereocenters. The number of aliphatic hydroxyl groups is 1. The summed E-state index contributed by atoms with van der Waals surface area (Å²) >= 11 is 0. The lowest BCUT2D eigenvalue weighted by Crippen LogP contribution is -2.45. The number of halogens is 4. The normalized spacial score (nSPS) is 20.1. The Labute approximate surface area is 195 Å². The predicted molar refractivity (Wildman–Crippen MR) is 121 cm³/mol. The zero-order valence-electron chi connectivity index (χ0n) is 19.1. The molecule has 1 fully saturated rings. The number of hydrogen-bond donors (Lipinski definition) is 3. The summed E-state index contributed by atoms with van der Waals surface area (Å²) in [5.41, 5.74) is 3.57. The number of nitrogens with one attached hydrogen (secondary N) is 1. The fourth-order valence-electron chi connectivity index (χ4n) is 4.56. The third-order valence-electron chi connectivity index (χ3n) is 6.49. The minimum atomic E-state index is -4.91. The SMILES string of the molecule is C=NCC1CCCCC1n1cc(C(N)=O)c(Nc2ccc(C(C)(C)C(O)C(F)(F)F)c(F)c2)n1. The van der Waals surface area contributed by atoms with E-state index in [0.717, 1.165) is 45.6 Å². The average Bonchev–Trinajstić information content (AvgIpc) is 3.17. The number of alkyl halides is 3. The maximum atomic E-state index is 14.8. The van der Waals surface area contributed by atoms with Crippen molar-refractivity contribution in [2.45, 2.75) is 63.3 Å². The van der Waals surface area contributed by atoms with Crippen molar-refractivity contribution >= 4 is 24.1 Å². The van der Waals surface area contributed by atoms with Gasteiger partial charge in [0.25, 0.3) is 5.91 Å². The van der Waals surface area contributed by atoms with Crippen molar-refractivity contribution in [3.05, 3.63) is 41.3 Å². The number of carbonyl (C=O) groups is 1. The summed E-state index contributed by atoms with van der Waals surface area (Å²) in [5, 5.41) is 17.0. The molecule has 4 N–H and O–H groups in total. The van der Waals surface area contributed by atoms with Crippen LogP contribution in [0.1, 0.15) is 61.5 Å². The van der Waals surface area contributed by atoms with Crippen LogP contribution in [0, 0.1) is 11.7 Å². The van der Waals surface area contributed by atoms with Crippen molar-refractivity contribution < 1.29 is 27.5 Å². The Kier molecular flexibility index (Phi) is 7.35. The molecule has 1 heterocycles. The van der Waals surface area contributed by atoms with E-state index in [-0.39, 0.29) is 34.6 Å². The van der Waals surface area contributed by atoms with Crippen molar-refractivity contribution in [3.63, 3.8) is 0 Å². The average molecular weight is 484 g/mol. The van der Waals surface area contributed by atoms with Gasteiger partial charge in [-0.2, -0.15) is 18.3 Å². The number of anilines is 2. The van der Waals surface area contributed by atoms with E-state index in [1.54, 1.807) is 10.9 Å². The Balaban J connectivity index is 1.90. The molecule has 3 unspecified atom stereocenters. The van der Waals surface area contributed by atoms with Gasteiger partial charge >= 0.3 is 6.18 Å². The molecule has 3 rings (SSSR count). The number of amides is 1. The second-order valence-corrected chi connectivity index (χ2v) is 9.24. The summed E-state index contributed by atoms with van der Waals surface area (Å²) in [6.07, 6.45) is -2.25. The molecule has 0 aliphatic heterocycles. The van der Waals surface area contributed by atoms with Gasteiger partial charge in [0.1, 0.15) is 11.4 Å². The van der Waals surface area contributed by atoms with E-state index in [4.69, 9.17) is 5.73 Å². The van der Waals surface area contributed by atoms with E-state index in [0.29, 0.717) is 6.54 Å². The molecule has 0 bridgehead atoms. The first-order valence-corrected chi connectivity index (χ1v) is 11.0. The highest BCUT2D eigenvalue weighted by molar-refractivity contribution is 5.98. The van der Waals surface area contributed by atoms with E-state index < -0.39 is 29.4 Å². The molecule has 1 saturated carbocycles. The van der Waals surface area contributed by atoms with Gasteiger partial charge in [0.2, 0.25) is 0 Å². The molecule has 2 aromatic rings. The number of nitrogens with zero attached hydrogens (tertiary/aromatic N) is 3. The zero-order valence-corrected chi connectivity index (χ0v) is 19.1. The van der Waals surface area contributed by atoms with Crippen LogP contribution in [0.5, 0.6) is 0 Å². The summed E-state index contributed by atoms with van der Waals surface area (Å²) in [6, 6.07) is 3.52. The molecule has 1 aliphatic carbocycles. The fourth-order valence-corrected chi connectivity index (χ4v) is 4.56. The first-order chi connectivity index (χ1) is 15.9. The molecule has 1 aromatic carbocycles.